The lowest BCUT2D eigenvalue weighted by Gasteiger charge is -2.38. The molecule has 2 unspecified atom stereocenters. The molecule has 0 aliphatic carbocycles. The first-order valence-corrected chi connectivity index (χ1v) is 31.3. The van der Waals surface area contributed by atoms with Gasteiger partial charge >= 0.3 is 12.1 Å². The number of anilines is 1. The number of nitrogens with one attached hydrogen (secondary N) is 2. The van der Waals surface area contributed by atoms with Crippen molar-refractivity contribution in [1.82, 2.24) is 50.4 Å². The number of aryl methyl sites for hydroxylation is 2. The highest BCUT2D eigenvalue weighted by Crippen LogP contribution is 2.44. The molecule has 0 spiro atoms. The van der Waals surface area contributed by atoms with E-state index < -0.39 is 23.9 Å². The molecular formula is C64H74FN11O9S. The highest BCUT2D eigenvalue weighted by atomic mass is 32.1. The Morgan fingerprint density at radius 1 is 0.953 bits per heavy atom. The van der Waals surface area contributed by atoms with Crippen LogP contribution in [0.25, 0.3) is 43.4 Å². The summed E-state index contributed by atoms with van der Waals surface area (Å²) in [6.45, 7) is 13.6. The fourth-order valence-electron chi connectivity index (χ4n) is 14.3. The topological polar surface area (TPSA) is 234 Å². The molecule has 86 heavy (non-hydrogen) atoms. The summed E-state index contributed by atoms with van der Waals surface area (Å²) in [5.41, 5.74) is 6.14. The molecule has 7 aromatic rings. The zero-order valence-corrected chi connectivity index (χ0v) is 50.0. The number of hydrogen-bond donors (Lipinski definition) is 4. The van der Waals surface area contributed by atoms with Crippen molar-refractivity contribution in [3.05, 3.63) is 101 Å². The zero-order valence-electron chi connectivity index (χ0n) is 49.2. The van der Waals surface area contributed by atoms with Gasteiger partial charge in [-0.15, -0.1) is 11.3 Å². The minimum absolute atomic E-state index is 0.00953. The Balaban J connectivity index is 0.610. The minimum atomic E-state index is -0.873. The third kappa shape index (κ3) is 11.1. The number of β-amino-alcohol motifs (C(OH)–C–C–N with tert-alkyl or cyclic N) is 1. The number of carbonyl (C=O) groups excluding carboxylic acids is 3. The maximum absolute atomic E-state index is 17.3. The molecule has 8 atom stereocenters. The lowest BCUT2D eigenvalue weighted by molar-refractivity contribution is -0.141. The summed E-state index contributed by atoms with van der Waals surface area (Å²) in [5, 5.41) is 34.6. The summed E-state index contributed by atoms with van der Waals surface area (Å²) in [5.74, 6) is -1.17. The van der Waals surface area contributed by atoms with Crippen molar-refractivity contribution < 1.29 is 47.7 Å². The SMILES string of the molecule is CCc1cccc2cc(O)cc(-c3ncc4c(N5CC6CCC(C5)N6)nc(OC[C@@]56CCCN5[C@H](COC(=O)N5CC(COc7cc([C@@H](C(=O)N8C[C@H](O)C[C@H]8C(=O)N[C@@H](C)c8ccc(-c9scnc9C)cc8)C(C)C)on7)C5)CC6)nc4c3F)c12. The van der Waals surface area contributed by atoms with E-state index in [0.717, 1.165) is 83.1 Å². The first kappa shape index (κ1) is 57.5. The van der Waals surface area contributed by atoms with E-state index in [4.69, 9.17) is 33.7 Å². The number of hydrogen-bond acceptors (Lipinski definition) is 18. The lowest BCUT2D eigenvalue weighted by Crippen LogP contribution is -2.53. The van der Waals surface area contributed by atoms with E-state index in [2.05, 4.69) is 37.5 Å². The first-order valence-electron chi connectivity index (χ1n) is 30.4. The summed E-state index contributed by atoms with van der Waals surface area (Å²) in [6, 6.07) is 18.2. The van der Waals surface area contributed by atoms with Gasteiger partial charge in [0.05, 0.1) is 45.8 Å². The van der Waals surface area contributed by atoms with Crippen LogP contribution in [0.1, 0.15) is 107 Å². The Labute approximate surface area is 502 Å². The Morgan fingerprint density at radius 2 is 1.76 bits per heavy atom. The number of fused-ring (bicyclic) bond motifs is 5. The highest BCUT2D eigenvalue weighted by Gasteiger charge is 2.51. The van der Waals surface area contributed by atoms with Crippen LogP contribution in [0.15, 0.2) is 76.9 Å². The Bertz CT molecular complexity index is 3680. The van der Waals surface area contributed by atoms with E-state index in [1.54, 1.807) is 40.6 Å². The second kappa shape index (κ2) is 23.6. The molecule has 22 heteroatoms. The summed E-state index contributed by atoms with van der Waals surface area (Å²) >= 11 is 1.58. The van der Waals surface area contributed by atoms with E-state index in [9.17, 15) is 24.6 Å². The molecule has 13 rings (SSSR count). The maximum Gasteiger partial charge on any atom is 0.409 e. The summed E-state index contributed by atoms with van der Waals surface area (Å²) in [7, 11) is 0. The predicted molar refractivity (Wildman–Crippen MR) is 322 cm³/mol. The number of aromatic nitrogens is 5. The fourth-order valence-corrected chi connectivity index (χ4v) is 15.1. The van der Waals surface area contributed by atoms with Gasteiger partial charge in [0, 0.05) is 81.0 Å². The molecule has 452 valence electrons. The Kier molecular flexibility index (Phi) is 15.8. The van der Waals surface area contributed by atoms with Gasteiger partial charge in [0.1, 0.15) is 48.0 Å². The molecule has 6 fully saturated rings. The van der Waals surface area contributed by atoms with Crippen molar-refractivity contribution >= 4 is 56.7 Å². The summed E-state index contributed by atoms with van der Waals surface area (Å²) in [6.07, 6.45) is 6.82. The normalized spacial score (nSPS) is 23.7. The van der Waals surface area contributed by atoms with Gasteiger partial charge in [0.2, 0.25) is 11.8 Å². The second-order valence-electron chi connectivity index (χ2n) is 24.9. The van der Waals surface area contributed by atoms with Crippen LogP contribution in [0.3, 0.4) is 0 Å². The van der Waals surface area contributed by atoms with E-state index in [1.807, 2.05) is 75.7 Å². The van der Waals surface area contributed by atoms with Gasteiger partial charge in [-0.05, 0) is 116 Å². The van der Waals surface area contributed by atoms with Crippen molar-refractivity contribution in [1.29, 1.82) is 0 Å². The number of benzene rings is 3. The quantitative estimate of drug-likeness (QED) is 0.0629. The van der Waals surface area contributed by atoms with Crippen molar-refractivity contribution in [3.8, 4) is 39.3 Å². The van der Waals surface area contributed by atoms with Gasteiger partial charge in [0.15, 0.2) is 11.6 Å². The van der Waals surface area contributed by atoms with Crippen LogP contribution in [-0.2, 0) is 20.7 Å². The number of likely N-dealkylation sites (tertiary alicyclic amines) is 2. The van der Waals surface area contributed by atoms with Crippen molar-refractivity contribution in [2.45, 2.75) is 134 Å². The number of aliphatic hydroxyl groups is 1. The van der Waals surface area contributed by atoms with Crippen LogP contribution in [-0.4, -0.2) is 163 Å². The molecule has 0 saturated carbocycles. The average Bonchev–Trinajstić information content (AvgIpc) is 1.61. The third-order valence-corrected chi connectivity index (χ3v) is 19.8. The molecule has 3 amide bonds. The molecule has 20 nitrogen and oxygen atoms in total. The van der Waals surface area contributed by atoms with Crippen molar-refractivity contribution in [2.75, 3.05) is 64.0 Å². The molecule has 3 aromatic carbocycles. The number of ether oxygens (including phenoxy) is 3. The first-order chi connectivity index (χ1) is 41.6. The number of phenols is 1. The molecule has 6 aliphatic rings. The number of piperazine rings is 1. The zero-order chi connectivity index (χ0) is 59.5. The monoisotopic (exact) mass is 1190 g/mol. The van der Waals surface area contributed by atoms with Crippen LogP contribution in [0.5, 0.6) is 17.6 Å². The van der Waals surface area contributed by atoms with Gasteiger partial charge in [-0.25, -0.2) is 14.2 Å². The van der Waals surface area contributed by atoms with Crippen molar-refractivity contribution in [2.24, 2.45) is 11.8 Å². The number of phenolic OH excluding ortho intramolecular Hbond substituents is 1. The van der Waals surface area contributed by atoms with E-state index in [1.165, 1.54) is 4.90 Å². The van der Waals surface area contributed by atoms with Crippen LogP contribution < -0.4 is 25.0 Å². The van der Waals surface area contributed by atoms with Crippen molar-refractivity contribution in [3.63, 3.8) is 0 Å². The average molecular weight is 1190 g/mol. The third-order valence-electron chi connectivity index (χ3n) is 18.8. The van der Waals surface area contributed by atoms with E-state index >= 15 is 4.39 Å². The summed E-state index contributed by atoms with van der Waals surface area (Å²) in [4.78, 5) is 69.3. The number of rotatable bonds is 18. The van der Waals surface area contributed by atoms with Gasteiger partial charge in [-0.1, -0.05) is 63.2 Å². The van der Waals surface area contributed by atoms with Gasteiger partial charge in [-0.2, -0.15) is 9.97 Å². The van der Waals surface area contributed by atoms with Gasteiger partial charge in [-0.3, -0.25) is 19.5 Å². The van der Waals surface area contributed by atoms with Crippen LogP contribution in [0.4, 0.5) is 15.0 Å². The van der Waals surface area contributed by atoms with E-state index in [-0.39, 0.29) is 109 Å². The molecule has 6 saturated heterocycles. The number of thiazole rings is 1. The number of pyridine rings is 1. The Morgan fingerprint density at radius 3 is 2.51 bits per heavy atom. The number of aliphatic hydroxyl groups excluding tert-OH is 1. The summed E-state index contributed by atoms with van der Waals surface area (Å²) < 4.78 is 41.7. The molecular weight excluding hydrogens is 1120 g/mol. The maximum atomic E-state index is 17.3. The van der Waals surface area contributed by atoms with Gasteiger partial charge in [0.25, 0.3) is 5.88 Å². The molecule has 6 aliphatic heterocycles. The highest BCUT2D eigenvalue weighted by molar-refractivity contribution is 7.13. The number of aromatic hydroxyl groups is 1. The number of carbonyl (C=O) groups is 3. The molecule has 10 heterocycles. The van der Waals surface area contributed by atoms with E-state index in [0.29, 0.717) is 67.2 Å². The molecule has 2 bridgehead atoms. The standard InChI is InChI=1S/C64H74FN11O9S/c1-6-39-9-7-10-42-21-46(77)22-48(54(39)42)56-55(65)57-49(25-66-56)59(73-28-43-15-16-44(29-73)69-43)71-62(70-57)84-33-64-18-8-20-76(64)45(17-19-64)32-83-63(81)74-26-38(27-74)31-82-52-24-51(85-72-52)53(35(2)3)61(80)75-30-47(78)23-50(75)60(79)68-36(4)40-11-13-41(14-12-40)58-37(5)67-34-86-58/h7,9-14,21-22,24-25,34-36,38,43-45,47,50,53,69,77-78H,6,8,15-20,23,26-33H2,1-5H3,(H,68,79)/t36-,43?,44?,45-,47+,50-,53-,64-/m0/s1. The fraction of sp³-hybridized carbons (Fsp3) is 0.500. The van der Waals surface area contributed by atoms with Crippen LogP contribution in [0.2, 0.25) is 0 Å². The van der Waals surface area contributed by atoms with Crippen LogP contribution >= 0.6 is 11.3 Å². The molecule has 0 radical (unpaired) electrons. The minimum Gasteiger partial charge on any atom is -0.508 e. The largest absolute Gasteiger partial charge is 0.508 e. The molecule has 4 aromatic heterocycles. The number of halogens is 1. The predicted octanol–water partition coefficient (Wildman–Crippen LogP) is 8.71. The Hall–Kier alpha value is -7.53. The van der Waals surface area contributed by atoms with Gasteiger partial charge < -0.3 is 54.3 Å². The number of amides is 3. The molecule has 4 N–H and O–H groups in total. The lowest BCUT2D eigenvalue weighted by atomic mass is 9.91. The smallest absolute Gasteiger partial charge is 0.409 e. The van der Waals surface area contributed by atoms with Crippen LogP contribution in [0, 0.1) is 24.6 Å². The second-order valence-corrected chi connectivity index (χ2v) is 25.7. The number of nitrogens with zero attached hydrogens (tertiary/aromatic N) is 9.